The van der Waals surface area contributed by atoms with Crippen LogP contribution in [0.4, 0.5) is 5.69 Å². The lowest BCUT2D eigenvalue weighted by atomic mass is 10.0. The van der Waals surface area contributed by atoms with Crippen LogP contribution >= 0.6 is 0 Å². The second-order valence-electron chi connectivity index (χ2n) is 7.46. The van der Waals surface area contributed by atoms with Crippen LogP contribution in [0.25, 0.3) is 0 Å². The molecule has 0 unspecified atom stereocenters. The predicted molar refractivity (Wildman–Crippen MR) is 114 cm³/mol. The molecule has 0 radical (unpaired) electrons. The van der Waals surface area contributed by atoms with E-state index in [1.54, 1.807) is 19.2 Å². The highest BCUT2D eigenvalue weighted by Crippen LogP contribution is 2.31. The van der Waals surface area contributed by atoms with Crippen LogP contribution in [0, 0.1) is 0 Å². The van der Waals surface area contributed by atoms with Crippen LogP contribution in [0.1, 0.15) is 37.3 Å². The molecule has 1 aliphatic rings. The Kier molecular flexibility index (Phi) is 6.92. The zero-order valence-electron chi connectivity index (χ0n) is 16.9. The van der Waals surface area contributed by atoms with Crippen molar-refractivity contribution in [2.45, 2.75) is 36.6 Å². The number of hydrogen-bond donors (Lipinski definition) is 1. The molecule has 1 fully saturated rings. The van der Waals surface area contributed by atoms with Gasteiger partial charge in [0.25, 0.3) is 0 Å². The van der Waals surface area contributed by atoms with Gasteiger partial charge in [-0.25, -0.2) is 8.42 Å². The fraction of sp³-hybridized carbons (Fsp3) is 0.409. The number of carbonyl (C=O) groups excluding carboxylic acids is 1. The average Bonchev–Trinajstić information content (AvgIpc) is 2.93. The van der Waals surface area contributed by atoms with Crippen LogP contribution in [-0.2, 0) is 14.6 Å². The summed E-state index contributed by atoms with van der Waals surface area (Å²) in [6.07, 6.45) is 5.50. The third-order valence-electron chi connectivity index (χ3n) is 5.26. The van der Waals surface area contributed by atoms with Crippen molar-refractivity contribution in [3.63, 3.8) is 0 Å². The summed E-state index contributed by atoms with van der Waals surface area (Å²) in [4.78, 5) is 15.1. The van der Waals surface area contributed by atoms with E-state index in [0.717, 1.165) is 44.2 Å². The highest BCUT2D eigenvalue weighted by molar-refractivity contribution is 7.90. The number of hydrogen-bond acceptors (Lipinski definition) is 5. The Morgan fingerprint density at radius 1 is 1.14 bits per heavy atom. The number of methoxy groups -OCH3 is 1. The Morgan fingerprint density at radius 2 is 1.90 bits per heavy atom. The van der Waals surface area contributed by atoms with Crippen LogP contribution in [0.3, 0.4) is 0 Å². The first-order valence-electron chi connectivity index (χ1n) is 9.85. The second kappa shape index (κ2) is 9.41. The van der Waals surface area contributed by atoms with Crippen molar-refractivity contribution in [1.82, 2.24) is 4.90 Å². The molecule has 156 valence electrons. The molecular formula is C22H28N2O4S. The molecule has 0 aliphatic carbocycles. The van der Waals surface area contributed by atoms with Gasteiger partial charge >= 0.3 is 0 Å². The number of ether oxygens (including phenoxy) is 1. The minimum absolute atomic E-state index is 0.143. The summed E-state index contributed by atoms with van der Waals surface area (Å²) in [6.45, 7) is 1.12. The standard InChI is InChI=1S/C22H28N2O4S/c1-28-19-12-10-17(11-13-19)21-9-4-3-5-14-24(21)16-22(25)23-18-7-6-8-20(15-18)29(2,26)27/h6-8,10-13,15,21H,3-5,9,14,16H2,1-2H3,(H,23,25)/t21-/m1/s1. The van der Waals surface area contributed by atoms with Crippen LogP contribution in [-0.4, -0.2) is 45.7 Å². The van der Waals surface area contributed by atoms with Crippen molar-refractivity contribution >= 4 is 21.4 Å². The summed E-state index contributed by atoms with van der Waals surface area (Å²) in [5.41, 5.74) is 1.67. The molecule has 6 nitrogen and oxygen atoms in total. The van der Waals surface area contributed by atoms with Crippen LogP contribution < -0.4 is 10.1 Å². The lowest BCUT2D eigenvalue weighted by Gasteiger charge is -2.29. The summed E-state index contributed by atoms with van der Waals surface area (Å²) >= 11 is 0. The number of carbonyl (C=O) groups is 1. The van der Waals surface area contributed by atoms with Gasteiger partial charge in [-0.3, -0.25) is 9.69 Å². The first kappa shape index (κ1) is 21.3. The molecule has 3 rings (SSSR count). The van der Waals surface area contributed by atoms with Gasteiger partial charge in [0.05, 0.1) is 18.6 Å². The predicted octanol–water partition coefficient (Wildman–Crippen LogP) is 3.65. The summed E-state index contributed by atoms with van der Waals surface area (Å²) in [5.74, 6) is 0.675. The van der Waals surface area contributed by atoms with Gasteiger partial charge < -0.3 is 10.1 Å². The molecule has 0 bridgehead atoms. The zero-order chi connectivity index (χ0) is 20.9. The Labute approximate surface area is 172 Å². The van der Waals surface area contributed by atoms with Crippen molar-refractivity contribution in [1.29, 1.82) is 0 Å². The van der Waals surface area contributed by atoms with E-state index in [9.17, 15) is 13.2 Å². The summed E-state index contributed by atoms with van der Waals surface area (Å²) in [6, 6.07) is 14.6. The summed E-state index contributed by atoms with van der Waals surface area (Å²) in [5, 5.41) is 2.85. The van der Waals surface area contributed by atoms with Crippen molar-refractivity contribution in [3.05, 3.63) is 54.1 Å². The molecule has 7 heteroatoms. The number of nitrogens with zero attached hydrogens (tertiary/aromatic N) is 1. The number of benzene rings is 2. The number of sulfone groups is 1. The van der Waals surface area contributed by atoms with Gasteiger partial charge in [0.15, 0.2) is 9.84 Å². The molecule has 1 amide bonds. The SMILES string of the molecule is COc1ccc([C@H]2CCCCCN2CC(=O)Nc2cccc(S(C)(=O)=O)c2)cc1. The highest BCUT2D eigenvalue weighted by Gasteiger charge is 2.24. The normalized spacial score (nSPS) is 18.1. The smallest absolute Gasteiger partial charge is 0.238 e. The van der Waals surface area contributed by atoms with E-state index in [1.807, 2.05) is 12.1 Å². The number of amides is 1. The largest absolute Gasteiger partial charge is 0.497 e. The van der Waals surface area contributed by atoms with Gasteiger partial charge in [-0.15, -0.1) is 0 Å². The van der Waals surface area contributed by atoms with Gasteiger partial charge in [-0.2, -0.15) is 0 Å². The van der Waals surface area contributed by atoms with Crippen molar-refractivity contribution in [2.75, 3.05) is 31.8 Å². The maximum atomic E-state index is 12.7. The van der Waals surface area contributed by atoms with E-state index in [0.29, 0.717) is 5.69 Å². The van der Waals surface area contributed by atoms with Crippen LogP contribution in [0.2, 0.25) is 0 Å². The topological polar surface area (TPSA) is 75.7 Å². The number of anilines is 1. The molecule has 1 atom stereocenters. The monoisotopic (exact) mass is 416 g/mol. The molecule has 0 spiro atoms. The Balaban J connectivity index is 1.72. The molecule has 1 aliphatic heterocycles. The van der Waals surface area contributed by atoms with Crippen molar-refractivity contribution in [2.24, 2.45) is 0 Å². The van der Waals surface area contributed by atoms with E-state index < -0.39 is 9.84 Å². The number of likely N-dealkylation sites (tertiary alicyclic amines) is 1. The van der Waals surface area contributed by atoms with Gasteiger partial charge in [-0.05, 0) is 55.3 Å². The molecule has 0 saturated carbocycles. The second-order valence-corrected chi connectivity index (χ2v) is 9.47. The Morgan fingerprint density at radius 3 is 2.59 bits per heavy atom. The Bertz CT molecular complexity index is 942. The molecule has 2 aromatic rings. The van der Waals surface area contributed by atoms with Gasteiger partial charge in [0.1, 0.15) is 5.75 Å². The van der Waals surface area contributed by atoms with E-state index in [4.69, 9.17) is 4.74 Å². The van der Waals surface area contributed by atoms with Gasteiger partial charge in [0.2, 0.25) is 5.91 Å². The minimum atomic E-state index is -3.32. The molecule has 29 heavy (non-hydrogen) atoms. The maximum Gasteiger partial charge on any atom is 0.238 e. The highest BCUT2D eigenvalue weighted by atomic mass is 32.2. The first-order chi connectivity index (χ1) is 13.9. The quantitative estimate of drug-likeness (QED) is 0.778. The van der Waals surface area contributed by atoms with Gasteiger partial charge in [-0.1, -0.05) is 31.0 Å². The lowest BCUT2D eigenvalue weighted by Crippen LogP contribution is -2.36. The van der Waals surface area contributed by atoms with Crippen molar-refractivity contribution in [3.8, 4) is 5.75 Å². The minimum Gasteiger partial charge on any atom is -0.497 e. The summed E-state index contributed by atoms with van der Waals surface area (Å²) < 4.78 is 28.7. The lowest BCUT2D eigenvalue weighted by molar-refractivity contribution is -0.117. The third-order valence-corrected chi connectivity index (χ3v) is 6.37. The fourth-order valence-electron chi connectivity index (χ4n) is 3.75. The molecule has 2 aromatic carbocycles. The van der Waals surface area contributed by atoms with E-state index in [2.05, 4.69) is 22.3 Å². The van der Waals surface area contributed by atoms with E-state index >= 15 is 0 Å². The van der Waals surface area contributed by atoms with Crippen LogP contribution in [0.15, 0.2) is 53.4 Å². The number of rotatable bonds is 6. The summed E-state index contributed by atoms with van der Waals surface area (Å²) in [7, 11) is -1.67. The molecule has 0 aromatic heterocycles. The van der Waals surface area contributed by atoms with E-state index in [1.165, 1.54) is 17.7 Å². The number of nitrogens with one attached hydrogen (secondary N) is 1. The molecule has 1 heterocycles. The third kappa shape index (κ3) is 5.81. The van der Waals surface area contributed by atoms with Crippen LogP contribution in [0.5, 0.6) is 5.75 Å². The van der Waals surface area contributed by atoms with Gasteiger partial charge in [0, 0.05) is 18.0 Å². The average molecular weight is 417 g/mol. The fourth-order valence-corrected chi connectivity index (χ4v) is 4.42. The van der Waals surface area contributed by atoms with E-state index in [-0.39, 0.29) is 23.4 Å². The maximum absolute atomic E-state index is 12.7. The molecular weight excluding hydrogens is 388 g/mol. The van der Waals surface area contributed by atoms with Crippen molar-refractivity contribution < 1.29 is 17.9 Å². The Hall–Kier alpha value is -2.38. The first-order valence-corrected chi connectivity index (χ1v) is 11.7. The zero-order valence-corrected chi connectivity index (χ0v) is 17.7. The molecule has 1 saturated heterocycles. The molecule has 1 N–H and O–H groups in total.